The first-order valence-electron chi connectivity index (χ1n) is 8.48. The second-order valence-electron chi connectivity index (χ2n) is 6.75. The Morgan fingerprint density at radius 2 is 1.17 bits per heavy atom. The van der Waals surface area contributed by atoms with Gasteiger partial charge in [0.1, 0.15) is 0 Å². The van der Waals surface area contributed by atoms with Gasteiger partial charge in [-0.25, -0.2) is 0 Å². The average Bonchev–Trinajstić information content (AvgIpc) is 2.66. The van der Waals surface area contributed by atoms with Crippen LogP contribution in [0.25, 0.3) is 21.9 Å². The van der Waals surface area contributed by atoms with Gasteiger partial charge >= 0.3 is 0 Å². The van der Waals surface area contributed by atoms with E-state index in [0.717, 1.165) is 0 Å². The summed E-state index contributed by atoms with van der Waals surface area (Å²) >= 11 is 0. The quantitative estimate of drug-likeness (QED) is 0.394. The maximum Gasteiger partial charge on any atom is 0.0435 e. The highest BCUT2D eigenvalue weighted by Crippen LogP contribution is 2.51. The minimum absolute atomic E-state index is 0.133. The molecule has 0 bridgehead atoms. The second kappa shape index (κ2) is 4.82. The lowest BCUT2D eigenvalue weighted by Crippen LogP contribution is -2.28. The van der Waals surface area contributed by atoms with Gasteiger partial charge in [-0.3, -0.25) is 0 Å². The predicted octanol–water partition coefficient (Wildman–Crippen LogP) is 6.17. The molecule has 4 aromatic rings. The number of benzene rings is 4. The van der Waals surface area contributed by atoms with Gasteiger partial charge in [0.05, 0.1) is 0 Å². The van der Waals surface area contributed by atoms with Gasteiger partial charge in [0.2, 0.25) is 0 Å². The summed E-state index contributed by atoms with van der Waals surface area (Å²) in [6.45, 7) is 2.37. The zero-order chi connectivity index (χ0) is 16.1. The fourth-order valence-electron chi connectivity index (χ4n) is 4.36. The Hall–Kier alpha value is -2.86. The molecule has 1 atom stereocenters. The molecule has 1 unspecified atom stereocenters. The molecule has 0 heteroatoms. The highest BCUT2D eigenvalue weighted by molar-refractivity contribution is 6.03. The molecule has 1 aliphatic carbocycles. The molecule has 0 aromatic heterocycles. The maximum absolute atomic E-state index is 2.37. The van der Waals surface area contributed by atoms with Crippen LogP contribution in [0.5, 0.6) is 0 Å². The Balaban J connectivity index is 2.01. The van der Waals surface area contributed by atoms with Gasteiger partial charge in [0.25, 0.3) is 0 Å². The Labute approximate surface area is 142 Å². The van der Waals surface area contributed by atoms with Crippen molar-refractivity contribution in [2.24, 2.45) is 0 Å². The highest BCUT2D eigenvalue weighted by atomic mass is 14.4. The van der Waals surface area contributed by atoms with E-state index < -0.39 is 0 Å². The van der Waals surface area contributed by atoms with Crippen LogP contribution in [0.1, 0.15) is 23.6 Å². The Kier molecular flexibility index (Phi) is 2.72. The molecule has 0 heterocycles. The first-order valence-corrected chi connectivity index (χ1v) is 8.48. The lowest BCUT2D eigenvalue weighted by Gasteiger charge is -2.38. The maximum atomic E-state index is 2.37. The lowest BCUT2D eigenvalue weighted by molar-refractivity contribution is 0.697. The zero-order valence-electron chi connectivity index (χ0n) is 13.7. The Morgan fingerprint density at radius 1 is 0.542 bits per heavy atom. The minimum Gasteiger partial charge on any atom is -0.0622 e. The van der Waals surface area contributed by atoms with Crippen LogP contribution in [0.4, 0.5) is 0 Å². The van der Waals surface area contributed by atoms with E-state index in [1.165, 1.54) is 38.6 Å². The third-order valence-corrected chi connectivity index (χ3v) is 5.55. The molecule has 0 aliphatic heterocycles. The van der Waals surface area contributed by atoms with Crippen LogP contribution in [0.2, 0.25) is 0 Å². The molecular weight excluding hydrogens is 288 g/mol. The summed E-state index contributed by atoms with van der Waals surface area (Å²) < 4.78 is 0. The molecule has 1 aliphatic rings. The molecule has 0 saturated heterocycles. The topological polar surface area (TPSA) is 0 Å². The fourth-order valence-corrected chi connectivity index (χ4v) is 4.36. The summed E-state index contributed by atoms with van der Waals surface area (Å²) in [7, 11) is 0. The van der Waals surface area contributed by atoms with Crippen molar-refractivity contribution < 1.29 is 0 Å². The smallest absolute Gasteiger partial charge is 0.0435 e. The molecule has 24 heavy (non-hydrogen) atoms. The van der Waals surface area contributed by atoms with Gasteiger partial charge in [-0.2, -0.15) is 0 Å². The Morgan fingerprint density at radius 3 is 2.00 bits per heavy atom. The largest absolute Gasteiger partial charge is 0.0622 e. The van der Waals surface area contributed by atoms with Crippen molar-refractivity contribution in [3.05, 3.63) is 108 Å². The predicted molar refractivity (Wildman–Crippen MR) is 101 cm³/mol. The first kappa shape index (κ1) is 13.6. The van der Waals surface area contributed by atoms with E-state index in [1.54, 1.807) is 0 Å². The number of hydrogen-bond acceptors (Lipinski definition) is 0. The normalized spacial score (nSPS) is 18.4. The molecule has 114 valence electrons. The summed E-state index contributed by atoms with van der Waals surface area (Å²) in [6.07, 6.45) is 0. The van der Waals surface area contributed by atoms with Crippen LogP contribution in [0.3, 0.4) is 0 Å². The van der Waals surface area contributed by atoms with Crippen LogP contribution < -0.4 is 0 Å². The summed E-state index contributed by atoms with van der Waals surface area (Å²) in [5.41, 5.74) is 6.72. The molecule has 0 N–H and O–H groups in total. The van der Waals surface area contributed by atoms with E-state index >= 15 is 0 Å². The summed E-state index contributed by atoms with van der Waals surface area (Å²) in [5.74, 6) is 0. The van der Waals surface area contributed by atoms with E-state index in [4.69, 9.17) is 0 Å². The zero-order valence-corrected chi connectivity index (χ0v) is 13.7. The number of hydrogen-bond donors (Lipinski definition) is 0. The monoisotopic (exact) mass is 306 g/mol. The van der Waals surface area contributed by atoms with Gasteiger partial charge in [0, 0.05) is 5.41 Å². The minimum atomic E-state index is -0.133. The SMILES string of the molecule is CC1(c2ccccc2)c2ccccc2-c2cccc3cccc1c23. The summed E-state index contributed by atoms with van der Waals surface area (Å²) in [4.78, 5) is 0. The van der Waals surface area contributed by atoms with Crippen LogP contribution in [0.15, 0.2) is 91.0 Å². The second-order valence-corrected chi connectivity index (χ2v) is 6.75. The van der Waals surface area contributed by atoms with E-state index in [1.807, 2.05) is 0 Å². The molecule has 5 rings (SSSR count). The van der Waals surface area contributed by atoms with Gasteiger partial charge in [0.15, 0.2) is 0 Å². The number of rotatable bonds is 1. The highest BCUT2D eigenvalue weighted by Gasteiger charge is 2.38. The standard InChI is InChI=1S/C24H18/c1-24(18-11-3-2-4-12-18)21-15-6-5-13-19(21)20-14-7-9-17-10-8-16-22(24)23(17)20/h2-16H,1H3. The van der Waals surface area contributed by atoms with Crippen molar-refractivity contribution in [2.75, 3.05) is 0 Å². The van der Waals surface area contributed by atoms with Crippen molar-refractivity contribution >= 4 is 10.8 Å². The van der Waals surface area contributed by atoms with E-state index in [9.17, 15) is 0 Å². The van der Waals surface area contributed by atoms with Gasteiger partial charge < -0.3 is 0 Å². The van der Waals surface area contributed by atoms with Gasteiger partial charge in [-0.1, -0.05) is 91.0 Å². The fraction of sp³-hybridized carbons (Fsp3) is 0.0833. The summed E-state index contributed by atoms with van der Waals surface area (Å²) in [6, 6.07) is 33.1. The van der Waals surface area contributed by atoms with E-state index in [2.05, 4.69) is 97.9 Å². The Bertz CT molecular complexity index is 1050. The van der Waals surface area contributed by atoms with E-state index in [0.29, 0.717) is 0 Å². The molecule has 0 saturated carbocycles. The van der Waals surface area contributed by atoms with Gasteiger partial charge in [-0.05, 0) is 45.5 Å². The molecule has 0 nitrogen and oxygen atoms in total. The summed E-state index contributed by atoms with van der Waals surface area (Å²) in [5, 5.41) is 2.71. The van der Waals surface area contributed by atoms with Crippen molar-refractivity contribution in [1.82, 2.24) is 0 Å². The first-order chi connectivity index (χ1) is 11.8. The molecule has 0 radical (unpaired) electrons. The molecule has 0 spiro atoms. The van der Waals surface area contributed by atoms with Crippen molar-refractivity contribution in [3.8, 4) is 11.1 Å². The third-order valence-electron chi connectivity index (χ3n) is 5.55. The number of fused-ring (bicyclic) bond motifs is 2. The average molecular weight is 306 g/mol. The molecular formula is C24H18. The van der Waals surface area contributed by atoms with Crippen LogP contribution in [-0.2, 0) is 5.41 Å². The lowest BCUT2D eigenvalue weighted by atomic mass is 9.64. The van der Waals surface area contributed by atoms with E-state index in [-0.39, 0.29) is 5.41 Å². The van der Waals surface area contributed by atoms with Crippen molar-refractivity contribution in [2.45, 2.75) is 12.3 Å². The molecule has 4 aromatic carbocycles. The molecule has 0 fully saturated rings. The van der Waals surface area contributed by atoms with Crippen molar-refractivity contribution in [3.63, 3.8) is 0 Å². The molecule has 0 amide bonds. The van der Waals surface area contributed by atoms with Gasteiger partial charge in [-0.15, -0.1) is 0 Å². The third kappa shape index (κ3) is 1.63. The van der Waals surface area contributed by atoms with Crippen LogP contribution >= 0.6 is 0 Å². The van der Waals surface area contributed by atoms with Crippen molar-refractivity contribution in [1.29, 1.82) is 0 Å². The van der Waals surface area contributed by atoms with Crippen LogP contribution in [-0.4, -0.2) is 0 Å². The van der Waals surface area contributed by atoms with Crippen LogP contribution in [0, 0.1) is 0 Å².